The van der Waals surface area contributed by atoms with Crippen molar-refractivity contribution in [2.45, 2.75) is 69.2 Å². The van der Waals surface area contributed by atoms with Gasteiger partial charge in [-0.15, -0.1) is 0 Å². The number of aryl methyl sites for hydroxylation is 1. The van der Waals surface area contributed by atoms with Crippen molar-refractivity contribution in [1.82, 2.24) is 9.47 Å². The third-order valence-corrected chi connectivity index (χ3v) is 6.82. The van der Waals surface area contributed by atoms with Crippen molar-refractivity contribution in [3.05, 3.63) is 47.4 Å². The summed E-state index contributed by atoms with van der Waals surface area (Å²) in [6.45, 7) is 7.47. The van der Waals surface area contributed by atoms with Gasteiger partial charge in [0.1, 0.15) is 11.7 Å². The predicted molar refractivity (Wildman–Crippen MR) is 94.4 cm³/mol. The molecule has 4 aliphatic heterocycles. The maximum absolute atomic E-state index is 12.4. The second-order valence-corrected chi connectivity index (χ2v) is 8.25. The average Bonchev–Trinajstić information content (AvgIpc) is 3.08. The predicted octanol–water partition coefficient (Wildman–Crippen LogP) is 1.39. The van der Waals surface area contributed by atoms with Gasteiger partial charge >= 0.3 is 0 Å². The molecule has 0 radical (unpaired) electrons. The summed E-state index contributed by atoms with van der Waals surface area (Å²) in [6.07, 6.45) is 4.22. The SMILES string of the molecule is Cc1ccc2n1[C@H](C)[C@H]1O[C@]3([C@H](C)O)C=CC4=CC(=O)[C@@](C)(O)N4[C@H]1[C@H]23. The fourth-order valence-electron chi connectivity index (χ4n) is 5.61. The molecule has 4 bridgehead atoms. The van der Waals surface area contributed by atoms with E-state index in [-0.39, 0.29) is 29.9 Å². The van der Waals surface area contributed by atoms with E-state index in [0.717, 1.165) is 11.4 Å². The second-order valence-electron chi connectivity index (χ2n) is 8.25. The van der Waals surface area contributed by atoms with Crippen LogP contribution in [0.2, 0.25) is 0 Å². The zero-order chi connectivity index (χ0) is 18.6. The number of hydrogen-bond acceptors (Lipinski definition) is 5. The Morgan fingerprint density at radius 1 is 1.35 bits per heavy atom. The number of carbonyl (C=O) groups excluding carboxylic acids is 1. The van der Waals surface area contributed by atoms with E-state index in [1.165, 1.54) is 6.08 Å². The molecule has 1 aromatic rings. The van der Waals surface area contributed by atoms with Crippen LogP contribution in [-0.4, -0.2) is 55.0 Å². The Hall–Kier alpha value is -1.89. The Morgan fingerprint density at radius 3 is 2.77 bits per heavy atom. The smallest absolute Gasteiger partial charge is 0.209 e. The highest BCUT2D eigenvalue weighted by Crippen LogP contribution is 2.58. The molecule has 5 rings (SSSR count). The van der Waals surface area contributed by atoms with Crippen LogP contribution >= 0.6 is 0 Å². The third-order valence-electron chi connectivity index (χ3n) is 6.82. The Balaban J connectivity index is 1.80. The van der Waals surface area contributed by atoms with Crippen LogP contribution in [0.4, 0.5) is 0 Å². The summed E-state index contributed by atoms with van der Waals surface area (Å²) in [5.74, 6) is -0.497. The highest BCUT2D eigenvalue weighted by atomic mass is 16.5. The lowest BCUT2D eigenvalue weighted by Crippen LogP contribution is -2.58. The van der Waals surface area contributed by atoms with Crippen molar-refractivity contribution in [2.24, 2.45) is 0 Å². The first-order chi connectivity index (χ1) is 12.2. The van der Waals surface area contributed by atoms with Gasteiger partial charge in [-0.2, -0.15) is 0 Å². The van der Waals surface area contributed by atoms with Crippen molar-refractivity contribution in [3.63, 3.8) is 0 Å². The zero-order valence-corrected chi connectivity index (χ0v) is 15.4. The summed E-state index contributed by atoms with van der Waals surface area (Å²) >= 11 is 0. The minimum absolute atomic E-state index is 0.0288. The van der Waals surface area contributed by atoms with Gasteiger partial charge in [-0.25, -0.2) is 0 Å². The van der Waals surface area contributed by atoms with Crippen LogP contribution in [0.15, 0.2) is 36.1 Å². The van der Waals surface area contributed by atoms with Gasteiger partial charge in [0.15, 0.2) is 5.72 Å². The first-order valence-corrected chi connectivity index (χ1v) is 9.21. The van der Waals surface area contributed by atoms with Crippen molar-refractivity contribution in [2.75, 3.05) is 0 Å². The summed E-state index contributed by atoms with van der Waals surface area (Å²) in [6, 6.07) is 3.97. The molecular formula is C20H24N2O4. The lowest BCUT2D eigenvalue weighted by Gasteiger charge is -2.46. The molecule has 7 atom stereocenters. The largest absolute Gasteiger partial charge is 0.390 e. The molecule has 2 N–H and O–H groups in total. The molecule has 0 unspecified atom stereocenters. The summed E-state index contributed by atoms with van der Waals surface area (Å²) in [5.41, 5.74) is 0.430. The van der Waals surface area contributed by atoms with E-state index in [9.17, 15) is 15.0 Å². The number of ketones is 1. The number of hydrogen-bond donors (Lipinski definition) is 2. The van der Waals surface area contributed by atoms with E-state index in [4.69, 9.17) is 4.74 Å². The van der Waals surface area contributed by atoms with E-state index >= 15 is 0 Å². The molecule has 1 fully saturated rings. The Bertz CT molecular complexity index is 880. The Morgan fingerprint density at radius 2 is 2.08 bits per heavy atom. The third kappa shape index (κ3) is 1.61. The molecule has 1 aromatic heterocycles. The number of ether oxygens (including phenoxy) is 1. The topological polar surface area (TPSA) is 74.9 Å². The molecule has 4 aliphatic rings. The van der Waals surface area contributed by atoms with Gasteiger partial charge in [0.2, 0.25) is 5.78 Å². The first kappa shape index (κ1) is 16.3. The van der Waals surface area contributed by atoms with Crippen LogP contribution in [0.1, 0.15) is 44.1 Å². The number of allylic oxidation sites excluding steroid dienone is 1. The normalized spacial score (nSPS) is 43.8. The summed E-state index contributed by atoms with van der Waals surface area (Å²) in [7, 11) is 0. The number of aromatic nitrogens is 1. The van der Waals surface area contributed by atoms with E-state index in [2.05, 4.69) is 30.5 Å². The number of aliphatic hydroxyl groups is 2. The van der Waals surface area contributed by atoms with Gasteiger partial charge in [-0.05, 0) is 52.0 Å². The van der Waals surface area contributed by atoms with E-state index in [1.54, 1.807) is 18.7 Å². The summed E-state index contributed by atoms with van der Waals surface area (Å²) in [5, 5.41) is 21.7. The summed E-state index contributed by atoms with van der Waals surface area (Å²) < 4.78 is 8.80. The fourth-order valence-corrected chi connectivity index (χ4v) is 5.61. The average molecular weight is 356 g/mol. The van der Waals surface area contributed by atoms with Gasteiger partial charge in [-0.1, -0.05) is 0 Å². The molecule has 0 amide bonds. The molecule has 0 saturated carbocycles. The highest BCUT2D eigenvalue weighted by Gasteiger charge is 2.67. The first-order valence-electron chi connectivity index (χ1n) is 9.21. The number of carbonyl (C=O) groups is 1. The molecular weight excluding hydrogens is 332 g/mol. The van der Waals surface area contributed by atoms with Crippen LogP contribution in [0, 0.1) is 6.92 Å². The maximum Gasteiger partial charge on any atom is 0.209 e. The molecule has 26 heavy (non-hydrogen) atoms. The van der Waals surface area contributed by atoms with Gasteiger partial charge in [0.05, 0.1) is 24.1 Å². The number of aliphatic hydroxyl groups excluding tert-OH is 1. The zero-order valence-electron chi connectivity index (χ0n) is 15.4. The molecule has 6 nitrogen and oxygen atoms in total. The van der Waals surface area contributed by atoms with Crippen molar-refractivity contribution >= 4 is 5.78 Å². The van der Waals surface area contributed by atoms with E-state index in [0.29, 0.717) is 5.70 Å². The van der Waals surface area contributed by atoms with Crippen LogP contribution in [0.5, 0.6) is 0 Å². The molecule has 1 saturated heterocycles. The molecule has 0 aromatic carbocycles. The minimum Gasteiger partial charge on any atom is -0.390 e. The van der Waals surface area contributed by atoms with Crippen LogP contribution in [0.25, 0.3) is 0 Å². The van der Waals surface area contributed by atoms with Crippen LogP contribution < -0.4 is 0 Å². The van der Waals surface area contributed by atoms with Gasteiger partial charge < -0.3 is 24.4 Å². The maximum atomic E-state index is 12.4. The van der Waals surface area contributed by atoms with Gasteiger partial charge in [0, 0.05) is 23.2 Å². The van der Waals surface area contributed by atoms with E-state index < -0.39 is 17.4 Å². The molecule has 5 heterocycles. The monoisotopic (exact) mass is 356 g/mol. The molecule has 138 valence electrons. The number of nitrogens with zero attached hydrogens (tertiary/aromatic N) is 2. The number of rotatable bonds is 1. The Labute approximate surface area is 152 Å². The van der Waals surface area contributed by atoms with Crippen LogP contribution in [-0.2, 0) is 9.53 Å². The summed E-state index contributed by atoms with van der Waals surface area (Å²) in [4.78, 5) is 14.2. The van der Waals surface area contributed by atoms with Gasteiger partial charge in [0.25, 0.3) is 0 Å². The van der Waals surface area contributed by atoms with Crippen molar-refractivity contribution < 1.29 is 19.7 Å². The second kappa shape index (κ2) is 4.68. The standard InChI is InChI=1S/C20H24N2O4/c1-10-5-6-14-16-17-18(11(2)21(10)14)26-20(16,12(3)23)8-7-13-9-15(24)19(4,25)22(13)17/h5-9,11-12,16-18,23,25H,1-4H3/t11-,12+,16+,17+,18-,19-,20+/m1/s1. The van der Waals surface area contributed by atoms with E-state index in [1.807, 2.05) is 12.2 Å². The van der Waals surface area contributed by atoms with Crippen molar-refractivity contribution in [1.29, 1.82) is 0 Å². The molecule has 6 heteroatoms. The minimum atomic E-state index is -1.60. The van der Waals surface area contributed by atoms with Gasteiger partial charge in [-0.3, -0.25) is 4.79 Å². The quantitative estimate of drug-likeness (QED) is 0.795. The lowest BCUT2D eigenvalue weighted by atomic mass is 9.75. The fraction of sp³-hybridized carbons (Fsp3) is 0.550. The van der Waals surface area contributed by atoms with Crippen LogP contribution in [0.3, 0.4) is 0 Å². The van der Waals surface area contributed by atoms with Crippen molar-refractivity contribution in [3.8, 4) is 0 Å². The number of fused-ring (bicyclic) bond motifs is 2. The highest BCUT2D eigenvalue weighted by molar-refractivity contribution is 6.00. The molecule has 0 spiro atoms. The molecule has 0 aliphatic carbocycles. The lowest BCUT2D eigenvalue weighted by molar-refractivity contribution is -0.151. The Kier molecular flexibility index (Phi) is 2.94.